The van der Waals surface area contributed by atoms with Gasteiger partial charge in [-0.15, -0.1) is 0 Å². The van der Waals surface area contributed by atoms with E-state index >= 15 is 0 Å². The highest BCUT2D eigenvalue weighted by molar-refractivity contribution is 7.80. The molecule has 1 aliphatic heterocycles. The van der Waals surface area contributed by atoms with Crippen LogP contribution >= 0.6 is 12.2 Å². The zero-order chi connectivity index (χ0) is 11.1. The second-order valence-corrected chi connectivity index (χ2v) is 3.75. The summed E-state index contributed by atoms with van der Waals surface area (Å²) < 4.78 is 5.62. The Bertz CT molecular complexity index is 272. The van der Waals surface area contributed by atoms with Gasteiger partial charge < -0.3 is 10.1 Å². The first-order valence-corrected chi connectivity index (χ1v) is 5.34. The molecule has 0 bridgehead atoms. The average molecular weight is 228 g/mol. The maximum atomic E-state index is 5.62. The summed E-state index contributed by atoms with van der Waals surface area (Å²) in [6.45, 7) is 5.91. The minimum Gasteiger partial charge on any atom is -0.370 e. The van der Waals surface area contributed by atoms with E-state index in [0.717, 1.165) is 13.1 Å². The number of morpholine rings is 1. The summed E-state index contributed by atoms with van der Waals surface area (Å²) in [7, 11) is 0. The molecule has 0 saturated carbocycles. The monoisotopic (exact) mass is 228 g/mol. The Morgan fingerprint density at radius 1 is 1.67 bits per heavy atom. The van der Waals surface area contributed by atoms with Gasteiger partial charge >= 0.3 is 0 Å². The third kappa shape index (κ3) is 5.09. The minimum absolute atomic E-state index is 0.0682. The van der Waals surface area contributed by atoms with Crippen LogP contribution < -0.4 is 10.8 Å². The summed E-state index contributed by atoms with van der Waals surface area (Å²) in [6, 6.07) is 0. The molecule has 0 unspecified atom stereocenters. The highest BCUT2D eigenvalue weighted by Gasteiger charge is 2.18. The van der Waals surface area contributed by atoms with Crippen molar-refractivity contribution in [2.45, 2.75) is 26.1 Å². The third-order valence-corrected chi connectivity index (χ3v) is 2.09. The van der Waals surface area contributed by atoms with Crippen molar-refractivity contribution in [2.75, 3.05) is 19.7 Å². The van der Waals surface area contributed by atoms with Gasteiger partial charge in [0.05, 0.1) is 12.2 Å². The van der Waals surface area contributed by atoms with Gasteiger partial charge in [0.25, 0.3) is 0 Å². The highest BCUT2D eigenvalue weighted by atomic mass is 32.1. The Balaban J connectivity index is 2.13. The number of rotatable bonds is 3. The van der Waals surface area contributed by atoms with Crippen LogP contribution in [0.3, 0.4) is 0 Å². The lowest BCUT2D eigenvalue weighted by Crippen LogP contribution is -2.46. The van der Waals surface area contributed by atoms with Crippen LogP contribution in [0.25, 0.3) is 0 Å². The van der Waals surface area contributed by atoms with Gasteiger partial charge in [0.1, 0.15) is 6.61 Å². The molecule has 1 saturated heterocycles. The molecule has 0 amide bonds. The SMILES string of the molecule is CC#CC(=S)NOC[C@H]1CNC[C@@H](C)O1. The molecule has 0 aromatic rings. The number of hydrogen-bond acceptors (Lipinski definition) is 4. The van der Waals surface area contributed by atoms with Gasteiger partial charge in [0.2, 0.25) is 0 Å². The van der Waals surface area contributed by atoms with E-state index in [1.54, 1.807) is 6.92 Å². The lowest BCUT2D eigenvalue weighted by molar-refractivity contribution is -0.0789. The highest BCUT2D eigenvalue weighted by Crippen LogP contribution is 2.02. The standard InChI is InChI=1S/C10H16N2O2S/c1-3-4-10(15)12-13-7-9-6-11-5-8(2)14-9/h8-9,11H,5-7H2,1-2H3,(H,12,15)/t8-,9-/m1/s1. The Morgan fingerprint density at radius 2 is 2.47 bits per heavy atom. The topological polar surface area (TPSA) is 42.5 Å². The third-order valence-electron chi connectivity index (χ3n) is 1.90. The molecule has 1 heterocycles. The van der Waals surface area contributed by atoms with Gasteiger partial charge in [-0.2, -0.15) is 0 Å². The van der Waals surface area contributed by atoms with E-state index in [-0.39, 0.29) is 12.2 Å². The van der Waals surface area contributed by atoms with Gasteiger partial charge in [0.15, 0.2) is 4.99 Å². The van der Waals surface area contributed by atoms with E-state index in [0.29, 0.717) is 11.6 Å². The second kappa shape index (κ2) is 6.75. The molecule has 4 nitrogen and oxygen atoms in total. The Kier molecular flexibility index (Phi) is 5.58. The van der Waals surface area contributed by atoms with Crippen molar-refractivity contribution in [1.29, 1.82) is 0 Å². The first-order valence-electron chi connectivity index (χ1n) is 4.93. The van der Waals surface area contributed by atoms with Crippen LogP contribution in [0.15, 0.2) is 0 Å². The average Bonchev–Trinajstić information content (AvgIpc) is 2.18. The predicted molar refractivity (Wildman–Crippen MR) is 62.3 cm³/mol. The van der Waals surface area contributed by atoms with Crippen LogP contribution in [0.5, 0.6) is 0 Å². The van der Waals surface area contributed by atoms with Crippen LogP contribution in [0.4, 0.5) is 0 Å². The summed E-state index contributed by atoms with van der Waals surface area (Å²) in [5.74, 6) is 5.37. The molecule has 1 aliphatic rings. The van der Waals surface area contributed by atoms with E-state index < -0.39 is 0 Å². The molecule has 5 heteroatoms. The van der Waals surface area contributed by atoms with Gasteiger partial charge in [-0.05, 0) is 32.0 Å². The number of hydrogen-bond donors (Lipinski definition) is 2. The molecule has 1 rings (SSSR count). The molecule has 2 N–H and O–H groups in total. The molecule has 0 aromatic heterocycles. The summed E-state index contributed by atoms with van der Waals surface area (Å²) in [5, 5.41) is 3.25. The fourth-order valence-corrected chi connectivity index (χ4v) is 1.47. The molecular formula is C10H16N2O2S. The van der Waals surface area contributed by atoms with Crippen molar-refractivity contribution >= 4 is 17.2 Å². The van der Waals surface area contributed by atoms with Gasteiger partial charge in [-0.1, -0.05) is 5.92 Å². The van der Waals surface area contributed by atoms with Crippen LogP contribution in [0, 0.1) is 11.8 Å². The van der Waals surface area contributed by atoms with E-state index in [2.05, 4.69) is 22.6 Å². The Morgan fingerprint density at radius 3 is 3.13 bits per heavy atom. The molecule has 0 aliphatic carbocycles. The zero-order valence-corrected chi connectivity index (χ0v) is 9.82. The second-order valence-electron chi connectivity index (χ2n) is 3.34. The van der Waals surface area contributed by atoms with Crippen molar-refractivity contribution in [1.82, 2.24) is 10.8 Å². The summed E-state index contributed by atoms with van der Waals surface area (Å²) >= 11 is 4.88. The quantitative estimate of drug-likeness (QED) is 0.411. The van der Waals surface area contributed by atoms with Crippen LogP contribution in [0.1, 0.15) is 13.8 Å². The number of ether oxygens (including phenoxy) is 1. The number of nitrogens with one attached hydrogen (secondary N) is 2. The maximum absolute atomic E-state index is 5.62. The van der Waals surface area contributed by atoms with Gasteiger partial charge in [-0.25, -0.2) is 5.48 Å². The molecule has 84 valence electrons. The maximum Gasteiger partial charge on any atom is 0.174 e. The van der Waals surface area contributed by atoms with Crippen LogP contribution in [-0.2, 0) is 9.57 Å². The van der Waals surface area contributed by atoms with E-state index in [1.807, 2.05) is 6.92 Å². The first kappa shape index (κ1) is 12.4. The molecule has 15 heavy (non-hydrogen) atoms. The lowest BCUT2D eigenvalue weighted by Gasteiger charge is -2.28. The van der Waals surface area contributed by atoms with E-state index in [1.165, 1.54) is 0 Å². The van der Waals surface area contributed by atoms with Gasteiger partial charge in [-0.3, -0.25) is 4.84 Å². The summed E-state index contributed by atoms with van der Waals surface area (Å²) in [6.07, 6.45) is 0.299. The van der Waals surface area contributed by atoms with Crippen molar-refractivity contribution in [3.05, 3.63) is 0 Å². The smallest absolute Gasteiger partial charge is 0.174 e. The lowest BCUT2D eigenvalue weighted by atomic mass is 10.2. The summed E-state index contributed by atoms with van der Waals surface area (Å²) in [5.41, 5.74) is 2.60. The fraction of sp³-hybridized carbons (Fsp3) is 0.700. The molecule has 0 radical (unpaired) electrons. The van der Waals surface area contributed by atoms with Gasteiger partial charge in [0, 0.05) is 13.1 Å². The van der Waals surface area contributed by atoms with Crippen molar-refractivity contribution in [3.8, 4) is 11.8 Å². The van der Waals surface area contributed by atoms with Crippen molar-refractivity contribution in [3.63, 3.8) is 0 Å². The molecule has 2 atom stereocenters. The largest absolute Gasteiger partial charge is 0.370 e. The predicted octanol–water partition coefficient (Wildman–Crippen LogP) is 0.235. The van der Waals surface area contributed by atoms with E-state index in [9.17, 15) is 0 Å². The molecular weight excluding hydrogens is 212 g/mol. The molecule has 1 fully saturated rings. The Hall–Kier alpha value is -0.670. The number of thiocarbonyl (C=S) groups is 1. The van der Waals surface area contributed by atoms with Crippen LogP contribution in [0.2, 0.25) is 0 Å². The van der Waals surface area contributed by atoms with E-state index in [4.69, 9.17) is 21.8 Å². The Labute approximate surface area is 95.7 Å². The van der Waals surface area contributed by atoms with Crippen LogP contribution in [-0.4, -0.2) is 36.9 Å². The number of hydroxylamine groups is 1. The van der Waals surface area contributed by atoms with Crippen molar-refractivity contribution < 1.29 is 9.57 Å². The molecule has 0 spiro atoms. The molecule has 0 aromatic carbocycles. The zero-order valence-electron chi connectivity index (χ0n) is 9.00. The fourth-order valence-electron chi connectivity index (χ4n) is 1.31. The normalized spacial score (nSPS) is 25.2. The minimum atomic E-state index is 0.0682. The van der Waals surface area contributed by atoms with Crippen molar-refractivity contribution in [2.24, 2.45) is 0 Å². The first-order chi connectivity index (χ1) is 7.22. The summed E-state index contributed by atoms with van der Waals surface area (Å²) in [4.78, 5) is 5.57.